The minimum Gasteiger partial charge on any atom is -0.508 e. The summed E-state index contributed by atoms with van der Waals surface area (Å²) < 4.78 is 35.1. The van der Waals surface area contributed by atoms with E-state index in [0.717, 1.165) is 44.2 Å². The number of ether oxygens (including phenoxy) is 4. The summed E-state index contributed by atoms with van der Waals surface area (Å²) in [7, 11) is 2.87. The SMILES string of the molecule is CCCCCCCCCc1oc2c(O)ccc(-c3oc4cc(O)cc(O)c4c(=O)c3O[C@@H]3O[C@H](CO)[C@H](O)[C@H](O)[C@H]3O)c2c1C(OC)OC. The Hall–Kier alpha value is -3.89. The van der Waals surface area contributed by atoms with Crippen LogP contribution in [0.5, 0.6) is 23.0 Å². The lowest BCUT2D eigenvalue weighted by atomic mass is 9.98. The molecule has 49 heavy (non-hydrogen) atoms. The third-order valence-electron chi connectivity index (χ3n) is 8.85. The van der Waals surface area contributed by atoms with E-state index in [1.165, 1.54) is 39.2 Å². The van der Waals surface area contributed by atoms with Crippen LogP contribution in [0.3, 0.4) is 0 Å². The molecule has 2 aromatic carbocycles. The summed E-state index contributed by atoms with van der Waals surface area (Å²) in [4.78, 5) is 14.1. The minimum absolute atomic E-state index is 0.0323. The molecule has 7 N–H and O–H groups in total. The van der Waals surface area contributed by atoms with Crippen LogP contribution in [0.1, 0.15) is 69.5 Å². The van der Waals surface area contributed by atoms with Gasteiger partial charge < -0.3 is 63.5 Å². The molecule has 3 heterocycles. The van der Waals surface area contributed by atoms with Crippen LogP contribution in [0.2, 0.25) is 0 Å². The number of unbranched alkanes of at least 4 members (excludes halogenated alkanes) is 6. The Morgan fingerprint density at radius 3 is 2.20 bits per heavy atom. The number of fused-ring (bicyclic) bond motifs is 2. The summed E-state index contributed by atoms with van der Waals surface area (Å²) in [6.07, 6.45) is -1.71. The first-order valence-corrected chi connectivity index (χ1v) is 16.4. The lowest BCUT2D eigenvalue weighted by Crippen LogP contribution is -2.60. The van der Waals surface area contributed by atoms with Gasteiger partial charge in [-0.15, -0.1) is 0 Å². The van der Waals surface area contributed by atoms with Crippen molar-refractivity contribution in [1.82, 2.24) is 0 Å². The summed E-state index contributed by atoms with van der Waals surface area (Å²) in [5.41, 5.74) is -0.599. The summed E-state index contributed by atoms with van der Waals surface area (Å²) in [5.74, 6) is -1.69. The van der Waals surface area contributed by atoms with Crippen molar-refractivity contribution in [1.29, 1.82) is 0 Å². The summed E-state index contributed by atoms with van der Waals surface area (Å²) in [5, 5.41) is 72.9. The topological polar surface area (TPSA) is 222 Å². The van der Waals surface area contributed by atoms with Crippen molar-refractivity contribution in [3.05, 3.63) is 45.8 Å². The second kappa shape index (κ2) is 15.8. The Morgan fingerprint density at radius 1 is 0.837 bits per heavy atom. The number of phenols is 3. The Balaban J connectivity index is 1.70. The van der Waals surface area contributed by atoms with Crippen LogP contribution < -0.4 is 10.2 Å². The third-order valence-corrected chi connectivity index (χ3v) is 8.85. The monoisotopic (exact) mass is 688 g/mol. The largest absolute Gasteiger partial charge is 0.508 e. The van der Waals surface area contributed by atoms with Gasteiger partial charge in [0.1, 0.15) is 52.6 Å². The molecule has 1 aliphatic rings. The van der Waals surface area contributed by atoms with Gasteiger partial charge in [0.2, 0.25) is 17.5 Å². The standard InChI is InChI=1S/C35H44O14/c1-4-5-6-7-8-9-10-11-21-26(34(44-2)45-3)24-18(12-13-19(38)32(24)46-21)31-33(28(41)25-20(39)14-17(37)15-22(25)47-31)49-35-30(43)29(42)27(40)23(16-36)48-35/h12-15,23,27,29-30,34-40,42-43H,4-11,16H2,1-3H3/t23-,27+,29+,30-,35+/m1/s1. The zero-order valence-electron chi connectivity index (χ0n) is 27.6. The number of aliphatic hydroxyl groups is 4. The minimum atomic E-state index is -1.89. The summed E-state index contributed by atoms with van der Waals surface area (Å²) >= 11 is 0. The molecule has 0 bridgehead atoms. The smallest absolute Gasteiger partial charge is 0.239 e. The van der Waals surface area contributed by atoms with Crippen molar-refractivity contribution in [3.8, 4) is 34.3 Å². The number of phenolic OH excluding ortho intramolecular Hbond substituents is 3. The van der Waals surface area contributed by atoms with Gasteiger partial charge in [-0.05, 0) is 18.6 Å². The first kappa shape index (κ1) is 36.4. The Kier molecular flexibility index (Phi) is 11.7. The van der Waals surface area contributed by atoms with Crippen molar-refractivity contribution in [2.75, 3.05) is 20.8 Å². The molecule has 2 aromatic heterocycles. The van der Waals surface area contributed by atoms with Crippen LogP contribution >= 0.6 is 0 Å². The van der Waals surface area contributed by atoms with Crippen LogP contribution in [0, 0.1) is 0 Å². The van der Waals surface area contributed by atoms with Crippen molar-refractivity contribution in [2.45, 2.75) is 95.3 Å². The van der Waals surface area contributed by atoms with E-state index in [2.05, 4.69) is 6.92 Å². The molecular weight excluding hydrogens is 644 g/mol. The first-order chi connectivity index (χ1) is 23.6. The zero-order valence-corrected chi connectivity index (χ0v) is 27.6. The molecular formula is C35H44O14. The molecule has 0 radical (unpaired) electrons. The van der Waals surface area contributed by atoms with Gasteiger partial charge in [0, 0.05) is 43.7 Å². The zero-order chi connectivity index (χ0) is 35.4. The maximum atomic E-state index is 14.1. The van der Waals surface area contributed by atoms with Crippen LogP contribution in [0.4, 0.5) is 0 Å². The number of aliphatic hydroxyl groups excluding tert-OH is 4. The highest BCUT2D eigenvalue weighted by atomic mass is 16.7. The fraction of sp³-hybridized carbons (Fsp3) is 0.514. The number of aromatic hydroxyl groups is 3. The average molecular weight is 689 g/mol. The molecule has 5 rings (SSSR count). The van der Waals surface area contributed by atoms with Crippen LogP contribution in [0.15, 0.2) is 37.9 Å². The fourth-order valence-electron chi connectivity index (χ4n) is 6.29. The van der Waals surface area contributed by atoms with Gasteiger partial charge in [-0.3, -0.25) is 4.79 Å². The molecule has 1 saturated heterocycles. The maximum Gasteiger partial charge on any atom is 0.239 e. The Bertz CT molecular complexity index is 1790. The van der Waals surface area contributed by atoms with Gasteiger partial charge in [-0.1, -0.05) is 45.4 Å². The maximum absolute atomic E-state index is 14.1. The molecule has 1 fully saturated rings. The quantitative estimate of drug-likeness (QED) is 0.0691. The van der Waals surface area contributed by atoms with E-state index in [0.29, 0.717) is 17.7 Å². The number of hydrogen-bond donors (Lipinski definition) is 7. The number of furan rings is 1. The van der Waals surface area contributed by atoms with Crippen molar-refractivity contribution in [3.63, 3.8) is 0 Å². The molecule has 0 unspecified atom stereocenters. The molecule has 0 spiro atoms. The van der Waals surface area contributed by atoms with Gasteiger partial charge in [0.05, 0.1) is 12.2 Å². The van der Waals surface area contributed by atoms with E-state index in [1.54, 1.807) is 0 Å². The number of aryl methyl sites for hydroxylation is 1. The predicted molar refractivity (Wildman–Crippen MR) is 176 cm³/mol. The summed E-state index contributed by atoms with van der Waals surface area (Å²) in [6, 6.07) is 4.80. The Labute approximate surface area is 281 Å². The molecule has 14 nitrogen and oxygen atoms in total. The van der Waals surface area contributed by atoms with Gasteiger partial charge in [-0.25, -0.2) is 0 Å². The van der Waals surface area contributed by atoms with E-state index in [4.69, 9.17) is 27.8 Å². The van der Waals surface area contributed by atoms with E-state index in [9.17, 15) is 40.5 Å². The van der Waals surface area contributed by atoms with Gasteiger partial charge in [-0.2, -0.15) is 0 Å². The molecule has 4 aromatic rings. The average Bonchev–Trinajstić information content (AvgIpc) is 3.46. The molecule has 1 aliphatic heterocycles. The predicted octanol–water partition coefficient (Wildman–Crippen LogP) is 4.09. The molecule has 14 heteroatoms. The number of hydrogen-bond acceptors (Lipinski definition) is 14. The highest BCUT2D eigenvalue weighted by molar-refractivity contribution is 6.01. The number of benzene rings is 2. The van der Waals surface area contributed by atoms with Crippen LogP contribution in [0.25, 0.3) is 33.3 Å². The molecule has 268 valence electrons. The normalized spacial score (nSPS) is 21.3. The van der Waals surface area contributed by atoms with Gasteiger partial charge in [0.25, 0.3) is 0 Å². The molecule has 5 atom stereocenters. The lowest BCUT2D eigenvalue weighted by molar-refractivity contribution is -0.277. The van der Waals surface area contributed by atoms with E-state index in [-0.39, 0.29) is 39.0 Å². The van der Waals surface area contributed by atoms with Crippen molar-refractivity contribution in [2.24, 2.45) is 0 Å². The number of rotatable bonds is 15. The third kappa shape index (κ3) is 7.22. The van der Waals surface area contributed by atoms with Crippen LogP contribution in [-0.4, -0.2) is 87.3 Å². The molecule has 0 saturated carbocycles. The van der Waals surface area contributed by atoms with Crippen LogP contribution in [-0.2, 0) is 20.6 Å². The van der Waals surface area contributed by atoms with Gasteiger partial charge >= 0.3 is 0 Å². The van der Waals surface area contributed by atoms with Crippen molar-refractivity contribution >= 4 is 21.9 Å². The highest BCUT2D eigenvalue weighted by Crippen LogP contribution is 2.46. The summed E-state index contributed by atoms with van der Waals surface area (Å²) in [6.45, 7) is 1.41. The molecule has 0 amide bonds. The van der Waals surface area contributed by atoms with E-state index < -0.39 is 66.3 Å². The highest BCUT2D eigenvalue weighted by Gasteiger charge is 2.45. The van der Waals surface area contributed by atoms with Crippen molar-refractivity contribution < 1.29 is 63.5 Å². The second-order valence-corrected chi connectivity index (χ2v) is 12.2. The fourth-order valence-corrected chi connectivity index (χ4v) is 6.29. The first-order valence-electron chi connectivity index (χ1n) is 16.4. The number of methoxy groups -OCH3 is 2. The van der Waals surface area contributed by atoms with E-state index in [1.807, 2.05) is 0 Å². The van der Waals surface area contributed by atoms with E-state index >= 15 is 0 Å². The Morgan fingerprint density at radius 2 is 1.53 bits per heavy atom. The second-order valence-electron chi connectivity index (χ2n) is 12.2. The van der Waals surface area contributed by atoms with Gasteiger partial charge in [0.15, 0.2) is 23.4 Å². The lowest BCUT2D eigenvalue weighted by Gasteiger charge is -2.39. The molecule has 0 aliphatic carbocycles.